The maximum Gasteiger partial charge on any atom is 0.0331 e. The molecular formula is C14H28N2. The molecule has 0 aliphatic heterocycles. The lowest BCUT2D eigenvalue weighted by molar-refractivity contribution is 0.0287. The predicted octanol–water partition coefficient (Wildman–Crippen LogP) is 2.91. The molecule has 0 heterocycles. The Kier molecular flexibility index (Phi) is 4.26. The molecule has 0 saturated heterocycles. The Morgan fingerprint density at radius 2 is 1.56 bits per heavy atom. The monoisotopic (exact) mass is 224 g/mol. The van der Waals surface area contributed by atoms with Crippen LogP contribution in [0.1, 0.15) is 64.2 Å². The largest absolute Gasteiger partial charge is 0.329 e. The van der Waals surface area contributed by atoms with Gasteiger partial charge in [0.15, 0.2) is 0 Å². The van der Waals surface area contributed by atoms with Gasteiger partial charge in [-0.1, -0.05) is 38.5 Å². The Morgan fingerprint density at radius 3 is 2.12 bits per heavy atom. The predicted molar refractivity (Wildman–Crippen MR) is 69.5 cm³/mol. The summed E-state index contributed by atoms with van der Waals surface area (Å²) in [5, 5.41) is 0. The van der Waals surface area contributed by atoms with Crippen LogP contribution < -0.4 is 5.73 Å². The Bertz CT molecular complexity index is 203. The van der Waals surface area contributed by atoms with Gasteiger partial charge >= 0.3 is 0 Å². The fourth-order valence-corrected chi connectivity index (χ4v) is 3.77. The van der Waals surface area contributed by atoms with Gasteiger partial charge in [0.25, 0.3) is 0 Å². The first-order chi connectivity index (χ1) is 7.78. The number of nitrogens with zero attached hydrogens (tertiary/aromatic N) is 1. The normalized spacial score (nSPS) is 27.2. The van der Waals surface area contributed by atoms with Crippen molar-refractivity contribution in [3.8, 4) is 0 Å². The van der Waals surface area contributed by atoms with E-state index in [1.54, 1.807) is 0 Å². The highest BCUT2D eigenvalue weighted by molar-refractivity contribution is 4.95. The second-order valence-corrected chi connectivity index (χ2v) is 5.89. The molecule has 0 spiro atoms. The van der Waals surface area contributed by atoms with Crippen LogP contribution in [0.5, 0.6) is 0 Å². The van der Waals surface area contributed by atoms with Crippen LogP contribution in [-0.4, -0.2) is 30.1 Å². The van der Waals surface area contributed by atoms with E-state index >= 15 is 0 Å². The molecule has 2 aliphatic carbocycles. The van der Waals surface area contributed by atoms with Crippen LogP contribution in [0, 0.1) is 0 Å². The summed E-state index contributed by atoms with van der Waals surface area (Å²) < 4.78 is 0. The molecule has 2 saturated carbocycles. The second-order valence-electron chi connectivity index (χ2n) is 5.89. The smallest absolute Gasteiger partial charge is 0.0331 e. The molecule has 0 amide bonds. The molecule has 2 fully saturated rings. The van der Waals surface area contributed by atoms with E-state index < -0.39 is 0 Å². The Balaban J connectivity index is 2.00. The van der Waals surface area contributed by atoms with E-state index in [1.807, 2.05) is 0 Å². The maximum atomic E-state index is 6.10. The molecule has 2 heteroatoms. The lowest BCUT2D eigenvalue weighted by Crippen LogP contribution is -2.57. The molecule has 2 nitrogen and oxygen atoms in total. The zero-order valence-electron chi connectivity index (χ0n) is 10.9. The molecule has 2 aliphatic rings. The van der Waals surface area contributed by atoms with Crippen LogP contribution in [0.15, 0.2) is 0 Å². The van der Waals surface area contributed by atoms with Crippen molar-refractivity contribution in [3.05, 3.63) is 0 Å². The summed E-state index contributed by atoms with van der Waals surface area (Å²) in [5.74, 6) is 0. The topological polar surface area (TPSA) is 29.3 Å². The molecule has 0 radical (unpaired) electrons. The summed E-state index contributed by atoms with van der Waals surface area (Å²) in [6.45, 7) is 0.861. The first-order valence-corrected chi connectivity index (χ1v) is 7.21. The summed E-state index contributed by atoms with van der Waals surface area (Å²) >= 11 is 0. The maximum absolute atomic E-state index is 6.10. The van der Waals surface area contributed by atoms with E-state index in [0.29, 0.717) is 5.54 Å². The fraction of sp³-hybridized carbons (Fsp3) is 1.00. The van der Waals surface area contributed by atoms with Crippen LogP contribution in [0.2, 0.25) is 0 Å². The van der Waals surface area contributed by atoms with E-state index in [2.05, 4.69) is 11.9 Å². The van der Waals surface area contributed by atoms with E-state index in [1.165, 1.54) is 64.2 Å². The van der Waals surface area contributed by atoms with Crippen LogP contribution in [0.25, 0.3) is 0 Å². The molecule has 0 atom stereocenters. The minimum Gasteiger partial charge on any atom is -0.329 e. The van der Waals surface area contributed by atoms with Gasteiger partial charge in [-0.2, -0.15) is 0 Å². The van der Waals surface area contributed by atoms with Gasteiger partial charge in [-0.3, -0.25) is 4.90 Å². The van der Waals surface area contributed by atoms with E-state index in [-0.39, 0.29) is 0 Å². The number of likely N-dealkylation sites (N-methyl/N-ethyl adjacent to an activating group) is 1. The van der Waals surface area contributed by atoms with Crippen LogP contribution in [0.3, 0.4) is 0 Å². The van der Waals surface area contributed by atoms with Crippen molar-refractivity contribution < 1.29 is 0 Å². The fourth-order valence-electron chi connectivity index (χ4n) is 3.77. The number of rotatable bonds is 3. The lowest BCUT2D eigenvalue weighted by Gasteiger charge is -2.48. The first kappa shape index (κ1) is 12.4. The summed E-state index contributed by atoms with van der Waals surface area (Å²) in [5.41, 5.74) is 6.45. The second kappa shape index (κ2) is 5.50. The van der Waals surface area contributed by atoms with Gasteiger partial charge in [-0.05, 0) is 32.7 Å². The molecule has 0 aromatic carbocycles. The van der Waals surface area contributed by atoms with Crippen molar-refractivity contribution in [3.63, 3.8) is 0 Å². The zero-order valence-corrected chi connectivity index (χ0v) is 10.9. The van der Waals surface area contributed by atoms with E-state index in [0.717, 1.165) is 12.6 Å². The van der Waals surface area contributed by atoms with Gasteiger partial charge in [0, 0.05) is 18.1 Å². The van der Waals surface area contributed by atoms with E-state index in [9.17, 15) is 0 Å². The Labute approximate surface area is 101 Å². The number of hydrogen-bond donors (Lipinski definition) is 1. The quantitative estimate of drug-likeness (QED) is 0.798. The summed E-state index contributed by atoms with van der Waals surface area (Å²) in [6, 6.07) is 0.815. The summed E-state index contributed by atoms with van der Waals surface area (Å²) in [7, 11) is 2.34. The molecule has 2 N–H and O–H groups in total. The van der Waals surface area contributed by atoms with Crippen LogP contribution in [0.4, 0.5) is 0 Å². The van der Waals surface area contributed by atoms with Crippen molar-refractivity contribution in [1.29, 1.82) is 0 Å². The van der Waals surface area contributed by atoms with E-state index in [4.69, 9.17) is 5.73 Å². The summed E-state index contributed by atoms with van der Waals surface area (Å²) in [6.07, 6.45) is 13.9. The minimum absolute atomic E-state index is 0.347. The van der Waals surface area contributed by atoms with Gasteiger partial charge in [0.1, 0.15) is 0 Å². The average molecular weight is 224 g/mol. The van der Waals surface area contributed by atoms with Gasteiger partial charge in [0.05, 0.1) is 0 Å². The van der Waals surface area contributed by atoms with Gasteiger partial charge in [0.2, 0.25) is 0 Å². The molecule has 0 aromatic rings. The third-order valence-corrected chi connectivity index (χ3v) is 5.03. The first-order valence-electron chi connectivity index (χ1n) is 7.21. The highest BCUT2D eigenvalue weighted by atomic mass is 15.2. The average Bonchev–Trinajstić information content (AvgIpc) is 2.39. The van der Waals surface area contributed by atoms with Gasteiger partial charge in [-0.25, -0.2) is 0 Å². The Hall–Kier alpha value is -0.0800. The van der Waals surface area contributed by atoms with Crippen molar-refractivity contribution in [1.82, 2.24) is 4.90 Å². The molecule has 0 aromatic heterocycles. The van der Waals surface area contributed by atoms with Gasteiger partial charge < -0.3 is 5.73 Å². The van der Waals surface area contributed by atoms with Crippen LogP contribution >= 0.6 is 0 Å². The van der Waals surface area contributed by atoms with Crippen molar-refractivity contribution in [2.45, 2.75) is 75.8 Å². The highest BCUT2D eigenvalue weighted by Gasteiger charge is 2.38. The standard InChI is InChI=1S/C14H28N2/c1-16(13-8-4-2-5-9-13)14(12-15)10-6-3-7-11-14/h13H,2-12,15H2,1H3. The molecular weight excluding hydrogens is 196 g/mol. The highest BCUT2D eigenvalue weighted by Crippen LogP contribution is 2.36. The molecule has 2 rings (SSSR count). The van der Waals surface area contributed by atoms with Crippen molar-refractivity contribution in [2.24, 2.45) is 5.73 Å². The lowest BCUT2D eigenvalue weighted by atomic mass is 9.78. The van der Waals surface area contributed by atoms with Crippen molar-refractivity contribution in [2.75, 3.05) is 13.6 Å². The third kappa shape index (κ3) is 2.43. The number of hydrogen-bond acceptors (Lipinski definition) is 2. The van der Waals surface area contributed by atoms with Crippen LogP contribution in [-0.2, 0) is 0 Å². The summed E-state index contributed by atoms with van der Waals surface area (Å²) in [4.78, 5) is 2.67. The van der Waals surface area contributed by atoms with Gasteiger partial charge in [-0.15, -0.1) is 0 Å². The third-order valence-electron chi connectivity index (χ3n) is 5.03. The zero-order chi connectivity index (χ0) is 11.4. The molecule has 0 unspecified atom stereocenters. The molecule has 94 valence electrons. The SMILES string of the molecule is CN(C1CCCCC1)C1(CN)CCCCC1. The minimum atomic E-state index is 0.347. The molecule has 0 bridgehead atoms. The molecule has 16 heavy (non-hydrogen) atoms. The van der Waals surface area contributed by atoms with Crippen molar-refractivity contribution >= 4 is 0 Å². The number of nitrogens with two attached hydrogens (primary N) is 1. The Morgan fingerprint density at radius 1 is 1.00 bits per heavy atom.